The number of allylic oxidation sites excluding steroid dienone is 2. The number of aldehydes is 1. The Bertz CT molecular complexity index is 1040. The van der Waals surface area contributed by atoms with E-state index in [4.69, 9.17) is 4.74 Å². The number of esters is 1. The molecular weight excluding hydrogens is 464 g/mol. The zero-order valence-corrected chi connectivity index (χ0v) is 24.1. The number of carbonyl (C=O) groups excluding carboxylic acids is 2. The van der Waals surface area contributed by atoms with E-state index >= 15 is 0 Å². The fourth-order valence-corrected chi connectivity index (χ4v) is 10.9. The third-order valence-corrected chi connectivity index (χ3v) is 13.3. The van der Waals surface area contributed by atoms with Crippen molar-refractivity contribution in [1.82, 2.24) is 0 Å². The molecule has 37 heavy (non-hydrogen) atoms. The van der Waals surface area contributed by atoms with E-state index in [0.29, 0.717) is 5.92 Å². The van der Waals surface area contributed by atoms with Gasteiger partial charge >= 0.3 is 11.9 Å². The van der Waals surface area contributed by atoms with Gasteiger partial charge in [0.05, 0.1) is 10.8 Å². The van der Waals surface area contributed by atoms with E-state index in [0.717, 1.165) is 70.5 Å². The van der Waals surface area contributed by atoms with Gasteiger partial charge in [0.25, 0.3) is 0 Å². The quantitative estimate of drug-likeness (QED) is 0.251. The Kier molecular flexibility index (Phi) is 5.95. The molecule has 4 saturated carbocycles. The first kappa shape index (κ1) is 26.9. The van der Waals surface area contributed by atoms with Crippen LogP contribution in [-0.2, 0) is 19.1 Å². The van der Waals surface area contributed by atoms with Crippen LogP contribution in [0.2, 0.25) is 0 Å². The van der Waals surface area contributed by atoms with Gasteiger partial charge in [0, 0.05) is 6.92 Å². The lowest BCUT2D eigenvalue weighted by Crippen LogP contribution is -2.66. The molecule has 5 aliphatic carbocycles. The summed E-state index contributed by atoms with van der Waals surface area (Å²) in [5.74, 6) is -0.207. The van der Waals surface area contributed by atoms with Crippen molar-refractivity contribution in [3.63, 3.8) is 0 Å². The largest absolute Gasteiger partial charge is 0.481 e. The zero-order valence-electron chi connectivity index (χ0n) is 24.1. The fourth-order valence-electron chi connectivity index (χ4n) is 10.9. The predicted octanol–water partition coefficient (Wildman–Crippen LogP) is 6.98. The summed E-state index contributed by atoms with van der Waals surface area (Å²) in [5.41, 5.74) is 0.272. The van der Waals surface area contributed by atoms with Gasteiger partial charge in [-0.05, 0) is 111 Å². The van der Waals surface area contributed by atoms with E-state index in [1.807, 2.05) is 6.92 Å². The van der Waals surface area contributed by atoms with Crippen LogP contribution >= 0.6 is 0 Å². The highest BCUT2D eigenvalue weighted by Gasteiger charge is 2.70. The van der Waals surface area contributed by atoms with Crippen LogP contribution in [0.15, 0.2) is 11.6 Å². The molecular formula is C32H48O5. The molecule has 1 N–H and O–H groups in total. The highest BCUT2D eigenvalue weighted by Crippen LogP contribution is 2.75. The van der Waals surface area contributed by atoms with Crippen molar-refractivity contribution in [3.05, 3.63) is 11.6 Å². The minimum Gasteiger partial charge on any atom is -0.481 e. The number of aliphatic carboxylic acids is 1. The molecule has 0 aromatic rings. The van der Waals surface area contributed by atoms with Crippen LogP contribution in [0, 0.1) is 50.2 Å². The molecule has 206 valence electrons. The maximum absolute atomic E-state index is 12.8. The fraction of sp³-hybridized carbons (Fsp3) is 0.844. The van der Waals surface area contributed by atoms with E-state index in [1.54, 1.807) is 0 Å². The lowest BCUT2D eigenvalue weighted by atomic mass is 9.33. The van der Waals surface area contributed by atoms with Crippen molar-refractivity contribution in [3.8, 4) is 0 Å². The minimum absolute atomic E-state index is 0.0302. The van der Waals surface area contributed by atoms with Gasteiger partial charge in [-0.3, -0.25) is 9.59 Å². The molecule has 0 spiro atoms. The van der Waals surface area contributed by atoms with Gasteiger partial charge in [-0.15, -0.1) is 0 Å². The normalized spacial score (nSPS) is 50.3. The number of rotatable bonds is 3. The third-order valence-electron chi connectivity index (χ3n) is 13.3. The van der Waals surface area contributed by atoms with Gasteiger partial charge in [0.2, 0.25) is 0 Å². The predicted molar refractivity (Wildman–Crippen MR) is 143 cm³/mol. The van der Waals surface area contributed by atoms with Crippen molar-refractivity contribution in [2.24, 2.45) is 50.2 Å². The molecule has 0 aliphatic heterocycles. The summed E-state index contributed by atoms with van der Waals surface area (Å²) >= 11 is 0. The molecule has 0 aromatic heterocycles. The first-order valence-electron chi connectivity index (χ1n) is 14.7. The first-order valence-corrected chi connectivity index (χ1v) is 14.7. The molecule has 0 unspecified atom stereocenters. The SMILES string of the molecule is CC(=O)O[C@H]1CC[C@]2(C)[C@H]3CC=C4[C@@H]5CC(C)(C)CC[C@]5(C(=O)O)CC[C@@]4(C)[C@]3(C)CC[C@H]2[C@]1(C)C=O. The van der Waals surface area contributed by atoms with Gasteiger partial charge in [-0.1, -0.05) is 46.3 Å². The van der Waals surface area contributed by atoms with Gasteiger partial charge in [0.15, 0.2) is 0 Å². The Labute approximate surface area is 223 Å². The molecule has 5 aliphatic rings. The van der Waals surface area contributed by atoms with E-state index in [1.165, 1.54) is 12.5 Å². The standard InChI is InChI=1S/C32H48O5/c1-20(34)37-25-11-12-28(4)23(29(25,5)19-33)10-13-31(7)24(28)9-8-21-22-18-27(2,3)14-16-32(22,26(35)36)17-15-30(21,31)6/h8,19,22-25H,9-18H2,1-7H3,(H,35,36)/t22-,23+,24+,25-,28-,29-,30+,31+,32-/m0/s1. The lowest BCUT2D eigenvalue weighted by molar-refractivity contribution is -0.211. The van der Waals surface area contributed by atoms with Crippen LogP contribution in [0.4, 0.5) is 0 Å². The third kappa shape index (κ3) is 3.43. The zero-order chi connectivity index (χ0) is 27.2. The number of hydrogen-bond donors (Lipinski definition) is 1. The van der Waals surface area contributed by atoms with Crippen LogP contribution in [0.3, 0.4) is 0 Å². The van der Waals surface area contributed by atoms with Crippen molar-refractivity contribution in [2.75, 3.05) is 0 Å². The summed E-state index contributed by atoms with van der Waals surface area (Å²) < 4.78 is 5.73. The molecule has 0 saturated heterocycles. The summed E-state index contributed by atoms with van der Waals surface area (Å²) in [6, 6.07) is 0. The summed E-state index contributed by atoms with van der Waals surface area (Å²) in [4.78, 5) is 37.4. The Morgan fingerprint density at radius 3 is 2.24 bits per heavy atom. The van der Waals surface area contributed by atoms with Crippen molar-refractivity contribution in [1.29, 1.82) is 0 Å². The second kappa shape index (κ2) is 8.18. The Morgan fingerprint density at radius 1 is 0.946 bits per heavy atom. The summed E-state index contributed by atoms with van der Waals surface area (Å²) in [6.45, 7) is 15.4. The van der Waals surface area contributed by atoms with Gasteiger partial charge < -0.3 is 14.6 Å². The second-order valence-corrected chi connectivity index (χ2v) is 15.3. The number of fused-ring (bicyclic) bond motifs is 7. The van der Waals surface area contributed by atoms with Crippen LogP contribution in [0.5, 0.6) is 0 Å². The molecule has 0 radical (unpaired) electrons. The van der Waals surface area contributed by atoms with Crippen LogP contribution in [-0.4, -0.2) is 29.4 Å². The lowest BCUT2D eigenvalue weighted by Gasteiger charge is -2.71. The second-order valence-electron chi connectivity index (χ2n) is 15.3. The van der Waals surface area contributed by atoms with Crippen molar-refractivity contribution >= 4 is 18.2 Å². The maximum atomic E-state index is 12.8. The molecule has 0 heterocycles. The number of hydrogen-bond acceptors (Lipinski definition) is 4. The molecule has 5 heteroatoms. The first-order chi connectivity index (χ1) is 17.1. The number of carboxylic acid groups (broad SMARTS) is 1. The van der Waals surface area contributed by atoms with Gasteiger partial charge in [-0.2, -0.15) is 0 Å². The monoisotopic (exact) mass is 512 g/mol. The van der Waals surface area contributed by atoms with Crippen LogP contribution in [0.25, 0.3) is 0 Å². The van der Waals surface area contributed by atoms with Crippen molar-refractivity contribution in [2.45, 2.75) is 119 Å². The highest BCUT2D eigenvalue weighted by molar-refractivity contribution is 5.76. The van der Waals surface area contributed by atoms with E-state index < -0.39 is 16.8 Å². The van der Waals surface area contributed by atoms with Crippen molar-refractivity contribution < 1.29 is 24.2 Å². The number of ether oxygens (including phenoxy) is 1. The number of carbonyl (C=O) groups is 3. The highest BCUT2D eigenvalue weighted by atomic mass is 16.5. The average molecular weight is 513 g/mol. The minimum atomic E-state index is -0.677. The molecule has 9 atom stereocenters. The van der Waals surface area contributed by atoms with Gasteiger partial charge in [-0.25, -0.2) is 0 Å². The Hall–Kier alpha value is -1.65. The topological polar surface area (TPSA) is 80.7 Å². The Balaban J connectivity index is 1.57. The van der Waals surface area contributed by atoms with E-state index in [2.05, 4.69) is 40.7 Å². The van der Waals surface area contributed by atoms with E-state index in [-0.39, 0.29) is 45.6 Å². The van der Waals surface area contributed by atoms with Crippen LogP contribution in [0.1, 0.15) is 113 Å². The molecule has 5 rings (SSSR count). The molecule has 5 nitrogen and oxygen atoms in total. The maximum Gasteiger partial charge on any atom is 0.310 e. The van der Waals surface area contributed by atoms with E-state index in [9.17, 15) is 19.5 Å². The number of carboxylic acids is 1. The average Bonchev–Trinajstić information content (AvgIpc) is 2.80. The molecule has 4 fully saturated rings. The Morgan fingerprint density at radius 2 is 1.62 bits per heavy atom. The molecule has 0 amide bonds. The summed E-state index contributed by atoms with van der Waals surface area (Å²) in [7, 11) is 0. The molecule has 0 aromatic carbocycles. The van der Waals surface area contributed by atoms with Crippen LogP contribution < -0.4 is 0 Å². The summed E-state index contributed by atoms with van der Waals surface area (Å²) in [5, 5.41) is 10.5. The van der Waals surface area contributed by atoms with Gasteiger partial charge in [0.1, 0.15) is 12.4 Å². The smallest absolute Gasteiger partial charge is 0.310 e. The molecule has 0 bridgehead atoms. The summed E-state index contributed by atoms with van der Waals surface area (Å²) in [6.07, 6.45) is 12.2.